The fourth-order valence-corrected chi connectivity index (χ4v) is 1.26. The van der Waals surface area contributed by atoms with Gasteiger partial charge in [-0.25, -0.2) is 4.39 Å². The molecule has 0 aliphatic rings. The van der Waals surface area contributed by atoms with E-state index in [9.17, 15) is 47.9 Å². The quantitative estimate of drug-likeness (QED) is 0.419. The predicted molar refractivity (Wildman–Crippen MR) is 61.2 cm³/mol. The average molecular weight is 385 g/mol. The lowest BCUT2D eigenvalue weighted by Crippen LogP contribution is -2.66. The van der Waals surface area contributed by atoms with E-state index in [2.05, 4.69) is 6.58 Å². The zero-order chi connectivity index (χ0) is 19.5. The van der Waals surface area contributed by atoms with Crippen LogP contribution in [-0.2, 0) is 10.1 Å². The highest BCUT2D eigenvalue weighted by Crippen LogP contribution is 2.55. The van der Waals surface area contributed by atoms with E-state index >= 15 is 0 Å². The van der Waals surface area contributed by atoms with Gasteiger partial charge in [-0.15, -0.1) is 6.58 Å². The van der Waals surface area contributed by atoms with Crippen molar-refractivity contribution in [1.29, 1.82) is 0 Å². The summed E-state index contributed by atoms with van der Waals surface area (Å²) in [5.41, 5.74) is 4.91. The summed E-state index contributed by atoms with van der Waals surface area (Å²) >= 11 is 0. The Morgan fingerprint density at radius 3 is 1.57 bits per heavy atom. The minimum absolute atomic E-state index is 0.324. The van der Waals surface area contributed by atoms with Crippen LogP contribution in [0, 0.1) is 0 Å². The first kappa shape index (κ1) is 24.2. The van der Waals surface area contributed by atoms with Gasteiger partial charge in [-0.05, 0) is 6.92 Å². The van der Waals surface area contributed by atoms with E-state index in [1.807, 2.05) is 0 Å². The Kier molecular flexibility index (Phi) is 7.64. The molecule has 0 aliphatic heterocycles. The molecule has 1 unspecified atom stereocenters. The van der Waals surface area contributed by atoms with Crippen LogP contribution >= 0.6 is 0 Å². The minimum Gasteiger partial charge on any atom is -0.327 e. The molecule has 0 saturated carbocycles. The maximum absolute atomic E-state index is 12.7. The van der Waals surface area contributed by atoms with Gasteiger partial charge in [-0.3, -0.25) is 4.55 Å². The summed E-state index contributed by atoms with van der Waals surface area (Å²) in [5.74, 6) is -20.6. The van der Waals surface area contributed by atoms with E-state index < -0.39 is 39.3 Å². The summed E-state index contributed by atoms with van der Waals surface area (Å²) in [6.07, 6.45) is -2.34. The summed E-state index contributed by atoms with van der Waals surface area (Å²) in [5, 5.41) is -6.94. The maximum Gasteiger partial charge on any atom is 0.438 e. The molecule has 4 nitrogen and oxygen atoms in total. The van der Waals surface area contributed by atoms with Gasteiger partial charge < -0.3 is 5.73 Å². The van der Waals surface area contributed by atoms with Gasteiger partial charge >= 0.3 is 33.1 Å². The van der Waals surface area contributed by atoms with Crippen molar-refractivity contribution in [2.75, 3.05) is 6.54 Å². The van der Waals surface area contributed by atoms with Gasteiger partial charge in [-0.2, -0.15) is 43.5 Å². The van der Waals surface area contributed by atoms with Gasteiger partial charge in [0, 0.05) is 6.54 Å². The molecule has 23 heavy (non-hydrogen) atoms. The first-order valence-corrected chi connectivity index (χ1v) is 6.73. The number of nitrogens with two attached hydrogens (primary N) is 1. The van der Waals surface area contributed by atoms with Crippen LogP contribution in [0.3, 0.4) is 0 Å². The van der Waals surface area contributed by atoms with Crippen LogP contribution in [0.15, 0.2) is 12.7 Å². The van der Waals surface area contributed by atoms with Crippen LogP contribution < -0.4 is 5.73 Å². The van der Waals surface area contributed by atoms with Crippen molar-refractivity contribution in [1.82, 2.24) is 0 Å². The van der Waals surface area contributed by atoms with Gasteiger partial charge in [-0.1, -0.05) is 6.08 Å². The molecule has 0 aromatic carbocycles. The Bertz CT molecular complexity index is 504. The van der Waals surface area contributed by atoms with Gasteiger partial charge in [0.15, 0.2) is 6.17 Å². The third-order valence-electron chi connectivity index (χ3n) is 2.17. The van der Waals surface area contributed by atoms with Gasteiger partial charge in [0.25, 0.3) is 0 Å². The van der Waals surface area contributed by atoms with Crippen molar-refractivity contribution in [3.8, 4) is 0 Å². The fourth-order valence-electron chi connectivity index (χ4n) is 0.804. The SMILES string of the molecule is C=CCN.CC(F)C(F)(F)C(F)(F)C(F)(F)C(F)(F)S(=O)(=O)O. The first-order valence-electron chi connectivity index (χ1n) is 5.29. The van der Waals surface area contributed by atoms with Crippen molar-refractivity contribution in [2.24, 2.45) is 5.73 Å². The minimum atomic E-state index is -7.25. The van der Waals surface area contributed by atoms with Crippen LogP contribution in [-0.4, -0.2) is 48.7 Å². The van der Waals surface area contributed by atoms with Crippen LogP contribution in [0.1, 0.15) is 6.92 Å². The fraction of sp³-hybridized carbons (Fsp3) is 0.778. The summed E-state index contributed by atoms with van der Waals surface area (Å²) in [4.78, 5) is 0. The van der Waals surface area contributed by atoms with E-state index in [-0.39, 0.29) is 6.92 Å². The van der Waals surface area contributed by atoms with Crippen molar-refractivity contribution in [2.45, 2.75) is 36.1 Å². The third kappa shape index (κ3) is 4.29. The molecular weight excluding hydrogens is 373 g/mol. The Balaban J connectivity index is 0. The van der Waals surface area contributed by atoms with E-state index in [1.54, 1.807) is 6.08 Å². The molecule has 0 radical (unpaired) electrons. The van der Waals surface area contributed by atoms with E-state index in [0.717, 1.165) is 0 Å². The Labute approximate surface area is 124 Å². The molecule has 1 atom stereocenters. The molecule has 14 heteroatoms. The van der Waals surface area contributed by atoms with Gasteiger partial charge in [0.1, 0.15) is 0 Å². The van der Waals surface area contributed by atoms with Crippen LogP contribution in [0.5, 0.6) is 0 Å². The molecule has 0 aromatic rings. The smallest absolute Gasteiger partial charge is 0.327 e. The second kappa shape index (κ2) is 7.25. The van der Waals surface area contributed by atoms with E-state index in [1.165, 1.54) is 0 Å². The van der Waals surface area contributed by atoms with Crippen LogP contribution in [0.25, 0.3) is 0 Å². The highest BCUT2D eigenvalue weighted by molar-refractivity contribution is 7.87. The number of halogens is 9. The molecule has 0 spiro atoms. The monoisotopic (exact) mass is 385 g/mol. The second-order valence-corrected chi connectivity index (χ2v) is 5.37. The highest BCUT2D eigenvalue weighted by Gasteiger charge is 2.85. The van der Waals surface area contributed by atoms with E-state index in [0.29, 0.717) is 6.54 Å². The Hall–Kier alpha value is -1.02. The molecule has 0 saturated heterocycles. The molecule has 0 heterocycles. The average Bonchev–Trinajstić information content (AvgIpc) is 2.36. The molecule has 140 valence electrons. The molecule has 0 bridgehead atoms. The van der Waals surface area contributed by atoms with Crippen molar-refractivity contribution >= 4 is 10.1 Å². The lowest BCUT2D eigenvalue weighted by molar-refractivity contribution is -0.358. The van der Waals surface area contributed by atoms with Crippen molar-refractivity contribution in [3.05, 3.63) is 12.7 Å². The lowest BCUT2D eigenvalue weighted by Gasteiger charge is -2.35. The molecule has 3 N–H and O–H groups in total. The lowest BCUT2D eigenvalue weighted by atomic mass is 10.0. The van der Waals surface area contributed by atoms with Crippen molar-refractivity contribution < 1.29 is 52.5 Å². The molecule has 0 rings (SSSR count). The molecule has 0 amide bonds. The molecule has 0 aromatic heterocycles. The topological polar surface area (TPSA) is 80.4 Å². The van der Waals surface area contributed by atoms with Gasteiger partial charge in [0.2, 0.25) is 0 Å². The van der Waals surface area contributed by atoms with Crippen LogP contribution in [0.2, 0.25) is 0 Å². The summed E-state index contributed by atoms with van der Waals surface area (Å²) < 4.78 is 140. The summed E-state index contributed by atoms with van der Waals surface area (Å²) in [6.45, 7) is 3.61. The van der Waals surface area contributed by atoms with Crippen molar-refractivity contribution in [3.63, 3.8) is 0 Å². The van der Waals surface area contributed by atoms with Crippen LogP contribution in [0.4, 0.5) is 39.5 Å². The zero-order valence-corrected chi connectivity index (χ0v) is 12.0. The number of hydrogen-bond donors (Lipinski definition) is 2. The zero-order valence-electron chi connectivity index (χ0n) is 11.2. The number of rotatable bonds is 6. The molecule has 0 aliphatic carbocycles. The number of alkyl halides is 9. The number of hydrogen-bond acceptors (Lipinski definition) is 3. The molecular formula is C9H12F9NO3S. The standard InChI is InChI=1S/C6H5F9O3S.C3H7N/c1-2(7)3(8,9)4(10,11)5(12,13)6(14,15)19(16,17)18;1-2-3-4/h2H,1H3,(H,16,17,18);2H,1,3-4H2. The third-order valence-corrected chi connectivity index (χ3v) is 3.07. The summed E-state index contributed by atoms with van der Waals surface area (Å²) in [7, 11) is -7.15. The highest BCUT2D eigenvalue weighted by atomic mass is 32.2. The molecule has 0 fully saturated rings. The van der Waals surface area contributed by atoms with E-state index in [4.69, 9.17) is 10.3 Å². The predicted octanol–water partition coefficient (Wildman–Crippen LogP) is 2.86. The summed E-state index contributed by atoms with van der Waals surface area (Å²) in [6, 6.07) is 0. The largest absolute Gasteiger partial charge is 0.438 e. The second-order valence-electron chi connectivity index (χ2n) is 3.90. The maximum atomic E-state index is 12.7. The Morgan fingerprint density at radius 2 is 1.39 bits per heavy atom. The normalized spacial score (nSPS) is 15.5. The first-order chi connectivity index (χ1) is 9.86. The Morgan fingerprint density at radius 1 is 1.09 bits per heavy atom. The van der Waals surface area contributed by atoms with Gasteiger partial charge in [0.05, 0.1) is 0 Å².